The van der Waals surface area contributed by atoms with Crippen molar-refractivity contribution >= 4 is 11.5 Å². The summed E-state index contributed by atoms with van der Waals surface area (Å²) in [5, 5.41) is 9.23. The van der Waals surface area contributed by atoms with E-state index in [9.17, 15) is 14.4 Å². The molecular formula is C18H22FN3O. The molecule has 0 radical (unpaired) electrons. The monoisotopic (exact) mass is 315 g/mol. The molecule has 1 aliphatic rings. The van der Waals surface area contributed by atoms with Crippen molar-refractivity contribution in [3.8, 4) is 6.07 Å². The first-order valence-corrected chi connectivity index (χ1v) is 7.73. The molecule has 1 aliphatic heterocycles. The van der Waals surface area contributed by atoms with Crippen LogP contribution in [0.5, 0.6) is 0 Å². The van der Waals surface area contributed by atoms with Gasteiger partial charge >= 0.3 is 0 Å². The molecule has 4 nitrogen and oxygen atoms in total. The van der Waals surface area contributed by atoms with E-state index in [1.54, 1.807) is 39.1 Å². The summed E-state index contributed by atoms with van der Waals surface area (Å²) in [5.74, 6) is -0.381. The second kappa shape index (κ2) is 6.82. The molecule has 23 heavy (non-hydrogen) atoms. The highest BCUT2D eigenvalue weighted by Crippen LogP contribution is 2.22. The minimum absolute atomic E-state index is 0.156. The van der Waals surface area contributed by atoms with Gasteiger partial charge in [0.05, 0.1) is 5.69 Å². The van der Waals surface area contributed by atoms with Crippen LogP contribution in [0.2, 0.25) is 0 Å². The van der Waals surface area contributed by atoms with Crippen LogP contribution >= 0.6 is 0 Å². The fourth-order valence-electron chi connectivity index (χ4n) is 2.52. The number of nitriles is 1. The SMILES string of the molecule is CC(C)(C)C(=O)/C(C#N)=C\N1CCN(c2ccccc2F)CC1. The number of allylic oxidation sites excluding steroid dienone is 1. The fraction of sp³-hybridized carbons (Fsp3) is 0.444. The lowest BCUT2D eigenvalue weighted by Gasteiger charge is -2.36. The van der Waals surface area contributed by atoms with Crippen molar-refractivity contribution in [2.24, 2.45) is 5.41 Å². The highest BCUT2D eigenvalue weighted by molar-refractivity contribution is 6.02. The molecule has 1 heterocycles. The van der Waals surface area contributed by atoms with E-state index in [1.807, 2.05) is 21.9 Å². The molecule has 1 aromatic carbocycles. The minimum atomic E-state index is -0.573. The lowest BCUT2D eigenvalue weighted by Crippen LogP contribution is -2.44. The second-order valence-corrected chi connectivity index (χ2v) is 6.71. The number of ketones is 1. The number of carbonyl (C=O) groups is 1. The molecule has 1 aromatic rings. The van der Waals surface area contributed by atoms with Crippen molar-refractivity contribution in [1.29, 1.82) is 5.26 Å². The number of nitrogens with zero attached hydrogens (tertiary/aromatic N) is 3. The standard InChI is InChI=1S/C18H22FN3O/c1-18(2,3)17(23)14(12-20)13-21-8-10-22(11-9-21)16-7-5-4-6-15(16)19/h4-7,13H,8-11H2,1-3H3/b14-13-. The largest absolute Gasteiger partial charge is 0.373 e. The average molecular weight is 315 g/mol. The number of benzene rings is 1. The van der Waals surface area contributed by atoms with Crippen molar-refractivity contribution in [2.45, 2.75) is 20.8 Å². The van der Waals surface area contributed by atoms with Crippen LogP contribution in [0.25, 0.3) is 0 Å². The molecule has 0 spiro atoms. The van der Waals surface area contributed by atoms with Crippen molar-refractivity contribution in [3.63, 3.8) is 0 Å². The van der Waals surface area contributed by atoms with Crippen LogP contribution in [-0.4, -0.2) is 36.9 Å². The smallest absolute Gasteiger partial charge is 0.180 e. The van der Waals surface area contributed by atoms with Crippen LogP contribution in [0.15, 0.2) is 36.0 Å². The number of Topliss-reactive ketones (excluding diaryl/α,β-unsaturated/α-hetero) is 1. The van der Waals surface area contributed by atoms with Gasteiger partial charge in [0.15, 0.2) is 5.78 Å². The molecule has 0 atom stereocenters. The first-order valence-electron chi connectivity index (χ1n) is 7.73. The van der Waals surface area contributed by atoms with Gasteiger partial charge in [0.2, 0.25) is 0 Å². The summed E-state index contributed by atoms with van der Waals surface area (Å²) < 4.78 is 13.8. The molecule has 0 amide bonds. The third-order valence-corrected chi connectivity index (χ3v) is 3.87. The zero-order valence-corrected chi connectivity index (χ0v) is 13.8. The number of carbonyl (C=O) groups excluding carboxylic acids is 1. The first-order chi connectivity index (χ1) is 10.8. The second-order valence-electron chi connectivity index (χ2n) is 6.71. The Hall–Kier alpha value is -2.35. The molecule has 1 saturated heterocycles. The van der Waals surface area contributed by atoms with Crippen molar-refractivity contribution < 1.29 is 9.18 Å². The van der Waals surface area contributed by atoms with Gasteiger partial charge in [0, 0.05) is 37.8 Å². The molecule has 0 aromatic heterocycles. The Balaban J connectivity index is 2.04. The van der Waals surface area contributed by atoms with Crippen LogP contribution in [0, 0.1) is 22.6 Å². The van der Waals surface area contributed by atoms with Gasteiger partial charge in [0.25, 0.3) is 0 Å². The van der Waals surface area contributed by atoms with Crippen LogP contribution in [0.1, 0.15) is 20.8 Å². The predicted octanol–water partition coefficient (Wildman–Crippen LogP) is 2.97. The normalized spacial score (nSPS) is 16.2. The van der Waals surface area contributed by atoms with Gasteiger partial charge in [-0.25, -0.2) is 4.39 Å². The molecule has 5 heteroatoms. The zero-order valence-electron chi connectivity index (χ0n) is 13.8. The Kier molecular flexibility index (Phi) is 5.05. The third kappa shape index (κ3) is 4.10. The highest BCUT2D eigenvalue weighted by Gasteiger charge is 2.26. The molecule has 0 aliphatic carbocycles. The highest BCUT2D eigenvalue weighted by atomic mass is 19.1. The summed E-state index contributed by atoms with van der Waals surface area (Å²) in [6.45, 7) is 8.01. The summed E-state index contributed by atoms with van der Waals surface area (Å²) in [7, 11) is 0. The summed E-state index contributed by atoms with van der Waals surface area (Å²) >= 11 is 0. The van der Waals surface area contributed by atoms with E-state index in [0.717, 1.165) is 0 Å². The summed E-state index contributed by atoms with van der Waals surface area (Å²) in [4.78, 5) is 16.2. The van der Waals surface area contributed by atoms with Gasteiger partial charge in [-0.1, -0.05) is 32.9 Å². The van der Waals surface area contributed by atoms with Crippen molar-refractivity contribution in [1.82, 2.24) is 4.90 Å². The van der Waals surface area contributed by atoms with Crippen LogP contribution < -0.4 is 4.90 Å². The van der Waals surface area contributed by atoms with Crippen LogP contribution in [0.4, 0.5) is 10.1 Å². The molecule has 0 N–H and O–H groups in total. The summed E-state index contributed by atoms with van der Waals surface area (Å²) in [6, 6.07) is 8.72. The van der Waals surface area contributed by atoms with Crippen molar-refractivity contribution in [3.05, 3.63) is 41.9 Å². The average Bonchev–Trinajstić information content (AvgIpc) is 2.52. The van der Waals surface area contributed by atoms with E-state index in [0.29, 0.717) is 31.9 Å². The van der Waals surface area contributed by atoms with Crippen LogP contribution in [-0.2, 0) is 4.79 Å². The van der Waals surface area contributed by atoms with Crippen LogP contribution in [0.3, 0.4) is 0 Å². The Bertz CT molecular complexity index is 647. The molecule has 1 fully saturated rings. The Labute approximate surface area is 136 Å². The first kappa shape index (κ1) is 17.0. The van der Waals surface area contributed by atoms with Gasteiger partial charge in [-0.2, -0.15) is 5.26 Å². The summed E-state index contributed by atoms with van der Waals surface area (Å²) in [5.41, 5.74) is 0.204. The number of hydrogen-bond donors (Lipinski definition) is 0. The number of hydrogen-bond acceptors (Lipinski definition) is 4. The predicted molar refractivity (Wildman–Crippen MR) is 88.3 cm³/mol. The van der Waals surface area contributed by atoms with Gasteiger partial charge < -0.3 is 9.80 Å². The molecule has 2 rings (SSSR count). The van der Waals surface area contributed by atoms with E-state index in [-0.39, 0.29) is 17.2 Å². The maximum atomic E-state index is 13.8. The maximum Gasteiger partial charge on any atom is 0.180 e. The minimum Gasteiger partial charge on any atom is -0.373 e. The molecule has 122 valence electrons. The summed E-state index contributed by atoms with van der Waals surface area (Å²) in [6.07, 6.45) is 1.65. The van der Waals surface area contributed by atoms with Gasteiger partial charge in [-0.15, -0.1) is 0 Å². The zero-order chi connectivity index (χ0) is 17.0. The molecule has 0 saturated carbocycles. The maximum absolute atomic E-state index is 13.8. The lowest BCUT2D eigenvalue weighted by atomic mass is 9.87. The van der Waals surface area contributed by atoms with Crippen molar-refractivity contribution in [2.75, 3.05) is 31.1 Å². The Morgan fingerprint density at radius 2 is 1.83 bits per heavy atom. The van der Waals surface area contributed by atoms with E-state index in [4.69, 9.17) is 0 Å². The quantitative estimate of drug-likeness (QED) is 0.635. The lowest BCUT2D eigenvalue weighted by molar-refractivity contribution is -0.122. The van der Waals surface area contributed by atoms with E-state index >= 15 is 0 Å². The molecule has 0 bridgehead atoms. The van der Waals surface area contributed by atoms with E-state index in [2.05, 4.69) is 0 Å². The number of para-hydroxylation sites is 1. The van der Waals surface area contributed by atoms with E-state index < -0.39 is 5.41 Å². The fourth-order valence-corrected chi connectivity index (χ4v) is 2.52. The Morgan fingerprint density at radius 1 is 1.22 bits per heavy atom. The van der Waals surface area contributed by atoms with Gasteiger partial charge in [0.1, 0.15) is 17.5 Å². The molecule has 0 unspecified atom stereocenters. The van der Waals surface area contributed by atoms with Gasteiger partial charge in [-0.3, -0.25) is 4.79 Å². The number of piperazine rings is 1. The van der Waals surface area contributed by atoms with E-state index in [1.165, 1.54) is 6.07 Å². The Morgan fingerprint density at radius 3 is 2.35 bits per heavy atom. The number of halogens is 1. The molecular weight excluding hydrogens is 293 g/mol. The third-order valence-electron chi connectivity index (χ3n) is 3.87. The number of rotatable bonds is 3. The number of anilines is 1. The topological polar surface area (TPSA) is 47.3 Å². The van der Waals surface area contributed by atoms with Gasteiger partial charge in [-0.05, 0) is 12.1 Å².